The molecule has 134 valence electrons. The van der Waals surface area contributed by atoms with Crippen molar-refractivity contribution in [2.24, 2.45) is 0 Å². The number of aromatic nitrogens is 2. The van der Waals surface area contributed by atoms with Gasteiger partial charge in [-0.2, -0.15) is 0 Å². The van der Waals surface area contributed by atoms with Crippen LogP contribution in [0.25, 0.3) is 0 Å². The number of piperidine rings is 1. The van der Waals surface area contributed by atoms with Crippen LogP contribution in [0.2, 0.25) is 0 Å². The van der Waals surface area contributed by atoms with Gasteiger partial charge in [-0.3, -0.25) is 4.79 Å². The Bertz CT molecular complexity index is 693. The molecule has 1 atom stereocenters. The molecule has 5 heteroatoms. The number of benzene rings is 1. The van der Waals surface area contributed by atoms with Crippen LogP contribution in [0.15, 0.2) is 36.7 Å². The SMILES string of the molecule is COc1ccc(CCCC(=O)N2CCCC(n3ccnc3C)C2)cc1. The fraction of sp³-hybridized carbons (Fsp3) is 0.500. The van der Waals surface area contributed by atoms with Crippen molar-refractivity contribution in [2.75, 3.05) is 20.2 Å². The smallest absolute Gasteiger partial charge is 0.222 e. The van der Waals surface area contributed by atoms with Crippen molar-refractivity contribution in [3.05, 3.63) is 48.0 Å². The van der Waals surface area contributed by atoms with E-state index in [1.807, 2.05) is 36.4 Å². The minimum Gasteiger partial charge on any atom is -0.497 e. The van der Waals surface area contributed by atoms with E-state index < -0.39 is 0 Å². The minimum atomic E-state index is 0.274. The molecule has 0 N–H and O–H groups in total. The summed E-state index contributed by atoms with van der Waals surface area (Å²) in [5, 5.41) is 0. The van der Waals surface area contributed by atoms with Crippen molar-refractivity contribution < 1.29 is 9.53 Å². The van der Waals surface area contributed by atoms with Gasteiger partial charge in [0.2, 0.25) is 5.91 Å². The van der Waals surface area contributed by atoms with Crippen LogP contribution in [0, 0.1) is 6.92 Å². The van der Waals surface area contributed by atoms with Gasteiger partial charge in [0.15, 0.2) is 0 Å². The molecule has 0 spiro atoms. The average molecular weight is 341 g/mol. The van der Waals surface area contributed by atoms with Crippen molar-refractivity contribution >= 4 is 5.91 Å². The van der Waals surface area contributed by atoms with Gasteiger partial charge in [0.25, 0.3) is 0 Å². The first-order valence-corrected chi connectivity index (χ1v) is 9.07. The first-order valence-electron chi connectivity index (χ1n) is 9.07. The standard InChI is InChI=1S/C20H27N3O2/c1-16-21-12-14-23(16)18-6-4-13-22(15-18)20(24)7-3-5-17-8-10-19(25-2)11-9-17/h8-12,14,18H,3-7,13,15H2,1-2H3. The third-order valence-electron chi connectivity index (χ3n) is 5.02. The van der Waals surface area contributed by atoms with Gasteiger partial charge in [-0.25, -0.2) is 4.98 Å². The number of hydrogen-bond donors (Lipinski definition) is 0. The van der Waals surface area contributed by atoms with E-state index in [0.29, 0.717) is 12.5 Å². The van der Waals surface area contributed by atoms with Gasteiger partial charge in [0.05, 0.1) is 13.2 Å². The molecule has 1 aromatic carbocycles. The molecular formula is C20H27N3O2. The highest BCUT2D eigenvalue weighted by Crippen LogP contribution is 2.23. The molecule has 2 heterocycles. The third kappa shape index (κ3) is 4.41. The number of carbonyl (C=O) groups is 1. The van der Waals surface area contributed by atoms with E-state index in [-0.39, 0.29) is 5.91 Å². The Morgan fingerprint density at radius 2 is 2.12 bits per heavy atom. The van der Waals surface area contributed by atoms with Crippen molar-refractivity contribution in [3.8, 4) is 5.75 Å². The molecule has 0 saturated carbocycles. The molecule has 2 aromatic rings. The van der Waals surface area contributed by atoms with Gasteiger partial charge in [-0.05, 0) is 50.3 Å². The third-order valence-corrected chi connectivity index (χ3v) is 5.02. The van der Waals surface area contributed by atoms with Crippen LogP contribution in [-0.2, 0) is 11.2 Å². The minimum absolute atomic E-state index is 0.274. The number of nitrogens with zero attached hydrogens (tertiary/aromatic N) is 3. The summed E-state index contributed by atoms with van der Waals surface area (Å²) in [5.74, 6) is 2.17. The van der Waals surface area contributed by atoms with E-state index in [4.69, 9.17) is 4.74 Å². The van der Waals surface area contributed by atoms with Crippen LogP contribution in [0.4, 0.5) is 0 Å². The van der Waals surface area contributed by atoms with Gasteiger partial charge < -0.3 is 14.2 Å². The topological polar surface area (TPSA) is 47.4 Å². The van der Waals surface area contributed by atoms with Gasteiger partial charge in [0, 0.05) is 31.9 Å². The molecular weight excluding hydrogens is 314 g/mol. The lowest BCUT2D eigenvalue weighted by Gasteiger charge is -2.34. The molecule has 25 heavy (non-hydrogen) atoms. The number of aryl methyl sites for hydroxylation is 2. The number of ether oxygens (including phenoxy) is 1. The fourth-order valence-corrected chi connectivity index (χ4v) is 3.58. The average Bonchev–Trinajstić information content (AvgIpc) is 3.08. The van der Waals surface area contributed by atoms with Crippen molar-refractivity contribution in [2.45, 2.75) is 45.1 Å². The van der Waals surface area contributed by atoms with Crippen LogP contribution < -0.4 is 4.74 Å². The van der Waals surface area contributed by atoms with Gasteiger partial charge in [-0.1, -0.05) is 12.1 Å². The van der Waals surface area contributed by atoms with Crippen molar-refractivity contribution in [3.63, 3.8) is 0 Å². The Hall–Kier alpha value is -2.30. The summed E-state index contributed by atoms with van der Waals surface area (Å²) in [6.45, 7) is 3.71. The zero-order valence-electron chi connectivity index (χ0n) is 15.1. The second kappa shape index (κ2) is 8.19. The molecule has 1 unspecified atom stereocenters. The van der Waals surface area contributed by atoms with E-state index in [0.717, 1.165) is 50.3 Å². The predicted molar refractivity (Wildman–Crippen MR) is 97.7 cm³/mol. The Labute approximate surface area is 149 Å². The van der Waals surface area contributed by atoms with E-state index in [2.05, 4.69) is 21.7 Å². The summed E-state index contributed by atoms with van der Waals surface area (Å²) in [6.07, 6.45) is 8.47. The molecule has 0 aliphatic carbocycles. The van der Waals surface area contributed by atoms with Crippen molar-refractivity contribution in [1.82, 2.24) is 14.5 Å². The molecule has 0 bridgehead atoms. The van der Waals surface area contributed by atoms with Gasteiger partial charge >= 0.3 is 0 Å². The lowest BCUT2D eigenvalue weighted by Crippen LogP contribution is -2.40. The molecule has 1 aliphatic rings. The number of hydrogen-bond acceptors (Lipinski definition) is 3. The maximum absolute atomic E-state index is 12.6. The van der Waals surface area contributed by atoms with E-state index in [1.165, 1.54) is 5.56 Å². The van der Waals surface area contributed by atoms with Crippen LogP contribution in [0.1, 0.15) is 43.1 Å². The molecule has 1 aliphatic heterocycles. The first-order chi connectivity index (χ1) is 12.2. The number of amides is 1. The molecule has 1 saturated heterocycles. The molecule has 1 amide bonds. The van der Waals surface area contributed by atoms with Gasteiger partial charge in [0.1, 0.15) is 11.6 Å². The Kier molecular flexibility index (Phi) is 5.74. The number of likely N-dealkylation sites (tertiary alicyclic amines) is 1. The molecule has 3 rings (SSSR count). The maximum Gasteiger partial charge on any atom is 0.222 e. The Morgan fingerprint density at radius 1 is 1.32 bits per heavy atom. The molecule has 1 fully saturated rings. The fourth-order valence-electron chi connectivity index (χ4n) is 3.58. The lowest BCUT2D eigenvalue weighted by molar-refractivity contribution is -0.132. The Morgan fingerprint density at radius 3 is 2.80 bits per heavy atom. The predicted octanol–water partition coefficient (Wildman–Crippen LogP) is 3.39. The summed E-state index contributed by atoms with van der Waals surface area (Å²) in [4.78, 5) is 18.9. The molecule has 0 radical (unpaired) electrons. The zero-order chi connectivity index (χ0) is 17.6. The number of rotatable bonds is 6. The first kappa shape index (κ1) is 17.5. The molecule has 1 aromatic heterocycles. The van der Waals surface area contributed by atoms with Crippen LogP contribution in [0.5, 0.6) is 5.75 Å². The highest BCUT2D eigenvalue weighted by Gasteiger charge is 2.24. The number of carbonyl (C=O) groups excluding carboxylic acids is 1. The second-order valence-corrected chi connectivity index (χ2v) is 6.72. The second-order valence-electron chi connectivity index (χ2n) is 6.72. The van der Waals surface area contributed by atoms with Gasteiger partial charge in [-0.15, -0.1) is 0 Å². The van der Waals surface area contributed by atoms with Crippen LogP contribution in [0.3, 0.4) is 0 Å². The highest BCUT2D eigenvalue weighted by atomic mass is 16.5. The summed E-state index contributed by atoms with van der Waals surface area (Å²) in [5.41, 5.74) is 1.25. The van der Waals surface area contributed by atoms with Crippen LogP contribution >= 0.6 is 0 Å². The summed E-state index contributed by atoms with van der Waals surface area (Å²) in [6, 6.07) is 8.45. The number of imidazole rings is 1. The number of methoxy groups -OCH3 is 1. The summed E-state index contributed by atoms with van der Waals surface area (Å²) in [7, 11) is 1.67. The largest absolute Gasteiger partial charge is 0.497 e. The summed E-state index contributed by atoms with van der Waals surface area (Å²) < 4.78 is 7.38. The molecule has 5 nitrogen and oxygen atoms in total. The quantitative estimate of drug-likeness (QED) is 0.809. The highest BCUT2D eigenvalue weighted by molar-refractivity contribution is 5.76. The summed E-state index contributed by atoms with van der Waals surface area (Å²) >= 11 is 0. The van der Waals surface area contributed by atoms with E-state index in [1.54, 1.807) is 7.11 Å². The van der Waals surface area contributed by atoms with Crippen molar-refractivity contribution in [1.29, 1.82) is 0 Å². The van der Waals surface area contributed by atoms with Crippen LogP contribution in [-0.4, -0.2) is 40.6 Å². The van der Waals surface area contributed by atoms with E-state index in [9.17, 15) is 4.79 Å². The van der Waals surface area contributed by atoms with E-state index >= 15 is 0 Å². The normalized spacial score (nSPS) is 17.5. The maximum atomic E-state index is 12.6. The Balaban J connectivity index is 1.48. The monoisotopic (exact) mass is 341 g/mol. The zero-order valence-corrected chi connectivity index (χ0v) is 15.1. The lowest BCUT2D eigenvalue weighted by atomic mass is 10.0.